The summed E-state index contributed by atoms with van der Waals surface area (Å²) >= 11 is 0. The summed E-state index contributed by atoms with van der Waals surface area (Å²) in [6, 6.07) is 18.3. The highest BCUT2D eigenvalue weighted by Crippen LogP contribution is 2.18. The van der Waals surface area contributed by atoms with Crippen LogP contribution < -0.4 is 10.1 Å². The molecule has 1 aliphatic heterocycles. The Balaban J connectivity index is 1.08. The number of ether oxygens (including phenoxy) is 1. The Bertz CT molecular complexity index is 1040. The molecule has 2 heterocycles. The summed E-state index contributed by atoms with van der Waals surface area (Å²) in [5.41, 5.74) is 4.17. The van der Waals surface area contributed by atoms with Gasteiger partial charge in [-0.15, -0.1) is 0 Å². The number of hydrogen-bond acceptors (Lipinski definition) is 6. The van der Waals surface area contributed by atoms with Crippen LogP contribution in [0, 0.1) is 13.8 Å². The third kappa shape index (κ3) is 7.67. The predicted octanol–water partition coefficient (Wildman–Crippen LogP) is 3.74. The maximum Gasteiger partial charge on any atom is 0.224 e. The fraction of sp³-hybridized carbons (Fsp3) is 0.429. The smallest absolute Gasteiger partial charge is 0.224 e. The number of aryl methyl sites for hydroxylation is 2. The Labute approximate surface area is 208 Å². The van der Waals surface area contributed by atoms with Crippen LogP contribution in [0.1, 0.15) is 34.6 Å². The van der Waals surface area contributed by atoms with E-state index in [1.54, 1.807) is 0 Å². The summed E-state index contributed by atoms with van der Waals surface area (Å²) in [6.45, 7) is 11.3. The summed E-state index contributed by atoms with van der Waals surface area (Å²) in [6.07, 6.45) is 1.35. The van der Waals surface area contributed by atoms with Gasteiger partial charge in [-0.25, -0.2) is 0 Å². The van der Waals surface area contributed by atoms with E-state index in [1.807, 2.05) is 38.1 Å². The molecular formula is C28H36N4O3. The molecule has 35 heavy (non-hydrogen) atoms. The summed E-state index contributed by atoms with van der Waals surface area (Å²) in [7, 11) is 0. The molecule has 7 nitrogen and oxygen atoms in total. The van der Waals surface area contributed by atoms with E-state index in [2.05, 4.69) is 50.6 Å². The molecule has 0 bridgehead atoms. The van der Waals surface area contributed by atoms with Gasteiger partial charge < -0.3 is 19.5 Å². The second-order valence-corrected chi connectivity index (χ2v) is 9.22. The summed E-state index contributed by atoms with van der Waals surface area (Å²) in [5, 5.41) is 7.00. The Hall–Kier alpha value is -3.16. The minimum absolute atomic E-state index is 0.0575. The predicted molar refractivity (Wildman–Crippen MR) is 136 cm³/mol. The number of hydrogen-bond donors (Lipinski definition) is 1. The van der Waals surface area contributed by atoms with Gasteiger partial charge in [0.2, 0.25) is 5.91 Å². The van der Waals surface area contributed by atoms with E-state index in [-0.39, 0.29) is 5.91 Å². The first kappa shape index (κ1) is 24.9. The van der Waals surface area contributed by atoms with Gasteiger partial charge in [-0.3, -0.25) is 9.69 Å². The number of benzene rings is 2. The van der Waals surface area contributed by atoms with Crippen molar-refractivity contribution in [3.8, 4) is 5.75 Å². The third-order valence-electron chi connectivity index (χ3n) is 6.54. The molecule has 0 spiro atoms. The highest BCUT2D eigenvalue weighted by atomic mass is 16.5. The molecule has 0 atom stereocenters. The zero-order chi connectivity index (χ0) is 24.5. The van der Waals surface area contributed by atoms with Gasteiger partial charge >= 0.3 is 0 Å². The largest absolute Gasteiger partial charge is 0.489 e. The van der Waals surface area contributed by atoms with E-state index < -0.39 is 0 Å². The number of amides is 1. The molecule has 186 valence electrons. The van der Waals surface area contributed by atoms with Crippen LogP contribution in [-0.4, -0.2) is 60.1 Å². The molecule has 7 heteroatoms. The second-order valence-electron chi connectivity index (χ2n) is 9.22. The van der Waals surface area contributed by atoms with Gasteiger partial charge in [0.15, 0.2) is 0 Å². The number of piperazine rings is 1. The molecule has 3 aromatic rings. The first-order valence-corrected chi connectivity index (χ1v) is 12.5. The van der Waals surface area contributed by atoms with E-state index in [0.29, 0.717) is 19.6 Å². The van der Waals surface area contributed by atoms with Gasteiger partial charge in [-0.1, -0.05) is 47.6 Å². The van der Waals surface area contributed by atoms with Crippen LogP contribution in [0.25, 0.3) is 0 Å². The molecule has 0 aliphatic carbocycles. The van der Waals surface area contributed by atoms with Crippen molar-refractivity contribution < 1.29 is 14.1 Å². The second kappa shape index (κ2) is 12.5. The van der Waals surface area contributed by atoms with E-state index in [9.17, 15) is 4.79 Å². The van der Waals surface area contributed by atoms with Gasteiger partial charge in [0.05, 0.1) is 17.7 Å². The Morgan fingerprint density at radius 1 is 0.971 bits per heavy atom. The van der Waals surface area contributed by atoms with Crippen molar-refractivity contribution in [3.05, 3.63) is 82.7 Å². The molecule has 1 fully saturated rings. The molecule has 1 N–H and O–H groups in total. The van der Waals surface area contributed by atoms with E-state index >= 15 is 0 Å². The highest BCUT2D eigenvalue weighted by Gasteiger charge is 2.16. The fourth-order valence-corrected chi connectivity index (χ4v) is 4.36. The van der Waals surface area contributed by atoms with Gasteiger partial charge in [-0.2, -0.15) is 0 Å². The number of nitrogens with zero attached hydrogens (tertiary/aromatic N) is 3. The van der Waals surface area contributed by atoms with Crippen molar-refractivity contribution >= 4 is 5.91 Å². The van der Waals surface area contributed by atoms with Gasteiger partial charge in [0, 0.05) is 39.3 Å². The number of aromatic nitrogens is 1. The highest BCUT2D eigenvalue weighted by molar-refractivity contribution is 5.78. The minimum atomic E-state index is 0.0575. The molecule has 1 amide bonds. The fourth-order valence-electron chi connectivity index (χ4n) is 4.36. The molecule has 0 saturated carbocycles. The SMILES string of the molecule is Cc1noc(C)c1COc1ccc(CC(=O)NCCCN2CCN(Cc3ccccc3)CC2)cc1. The molecule has 1 aliphatic rings. The average Bonchev–Trinajstić information content (AvgIpc) is 3.20. The van der Waals surface area contributed by atoms with Crippen LogP contribution in [0.2, 0.25) is 0 Å². The lowest BCUT2D eigenvalue weighted by Crippen LogP contribution is -2.46. The normalized spacial score (nSPS) is 14.7. The van der Waals surface area contributed by atoms with Crippen molar-refractivity contribution in [2.24, 2.45) is 0 Å². The molecule has 0 radical (unpaired) electrons. The van der Waals surface area contributed by atoms with Crippen LogP contribution in [0.3, 0.4) is 0 Å². The maximum atomic E-state index is 12.3. The van der Waals surface area contributed by atoms with Crippen LogP contribution in [0.4, 0.5) is 0 Å². The monoisotopic (exact) mass is 476 g/mol. The molecule has 0 unspecified atom stereocenters. The lowest BCUT2D eigenvalue weighted by Gasteiger charge is -2.34. The van der Waals surface area contributed by atoms with Crippen molar-refractivity contribution in [1.29, 1.82) is 0 Å². The lowest BCUT2D eigenvalue weighted by atomic mass is 10.1. The molecule has 1 saturated heterocycles. The quantitative estimate of drug-likeness (QED) is 0.425. The van der Waals surface area contributed by atoms with Crippen LogP contribution in [-0.2, 0) is 24.4 Å². The standard InChI is InChI=1S/C28H36N4O3/c1-22-27(23(2)35-30-22)21-34-26-11-9-24(10-12-26)19-28(33)29-13-6-14-31-15-17-32(18-16-31)20-25-7-4-3-5-8-25/h3-5,7-12H,6,13-21H2,1-2H3,(H,29,33). The summed E-state index contributed by atoms with van der Waals surface area (Å²) in [4.78, 5) is 17.4. The maximum absolute atomic E-state index is 12.3. The summed E-state index contributed by atoms with van der Waals surface area (Å²) in [5.74, 6) is 1.60. The Kier molecular flexibility index (Phi) is 8.92. The third-order valence-corrected chi connectivity index (χ3v) is 6.54. The minimum Gasteiger partial charge on any atom is -0.489 e. The first-order valence-electron chi connectivity index (χ1n) is 12.5. The molecule has 1 aromatic heterocycles. The van der Waals surface area contributed by atoms with Crippen molar-refractivity contribution in [2.75, 3.05) is 39.3 Å². The number of nitrogens with one attached hydrogen (secondary N) is 1. The van der Waals surface area contributed by atoms with Crippen molar-refractivity contribution in [1.82, 2.24) is 20.3 Å². The van der Waals surface area contributed by atoms with Crippen LogP contribution in [0.15, 0.2) is 59.1 Å². The zero-order valence-electron chi connectivity index (χ0n) is 20.8. The number of carbonyl (C=O) groups excluding carboxylic acids is 1. The van der Waals surface area contributed by atoms with E-state index in [4.69, 9.17) is 9.26 Å². The molecule has 2 aromatic carbocycles. The van der Waals surface area contributed by atoms with Crippen LogP contribution >= 0.6 is 0 Å². The van der Waals surface area contributed by atoms with E-state index in [1.165, 1.54) is 5.56 Å². The average molecular weight is 477 g/mol. The Morgan fingerprint density at radius 2 is 1.69 bits per heavy atom. The van der Waals surface area contributed by atoms with Gasteiger partial charge in [0.1, 0.15) is 18.1 Å². The summed E-state index contributed by atoms with van der Waals surface area (Å²) < 4.78 is 11.0. The first-order chi connectivity index (χ1) is 17.1. The molecule has 4 rings (SSSR count). The van der Waals surface area contributed by atoms with Crippen LogP contribution in [0.5, 0.6) is 5.75 Å². The van der Waals surface area contributed by atoms with Gasteiger partial charge in [-0.05, 0) is 50.1 Å². The zero-order valence-corrected chi connectivity index (χ0v) is 20.8. The van der Waals surface area contributed by atoms with Crippen molar-refractivity contribution in [3.63, 3.8) is 0 Å². The molecular weight excluding hydrogens is 440 g/mol. The number of rotatable bonds is 11. The Morgan fingerprint density at radius 3 is 2.37 bits per heavy atom. The van der Waals surface area contributed by atoms with E-state index in [0.717, 1.165) is 74.0 Å². The lowest BCUT2D eigenvalue weighted by molar-refractivity contribution is -0.120. The number of carbonyl (C=O) groups is 1. The van der Waals surface area contributed by atoms with Crippen molar-refractivity contribution in [2.45, 2.75) is 39.8 Å². The van der Waals surface area contributed by atoms with Gasteiger partial charge in [0.25, 0.3) is 0 Å². The topological polar surface area (TPSA) is 70.8 Å².